The molecule has 3 aliphatic rings. The molecule has 0 N–H and O–H groups in total. The van der Waals surface area contributed by atoms with Gasteiger partial charge in [-0.05, 0) is 70.7 Å². The number of aromatic nitrogens is 2. The van der Waals surface area contributed by atoms with Gasteiger partial charge in [-0.15, -0.1) is 0 Å². The standard InChI is InChI=1S/C25H35N5O2/c1-19(30-18-26-22-6-2-3-7-23(22)30)24(31)29-16-10-21(11-17-29)27-14-8-20(9-15-27)25(32)28-12-4-5-13-28/h2-3,6-7,18-21H,4-5,8-17H2,1H3/t19-/m0/s1. The van der Waals surface area contributed by atoms with E-state index in [-0.39, 0.29) is 17.9 Å². The van der Waals surface area contributed by atoms with Crippen molar-refractivity contribution in [1.82, 2.24) is 24.3 Å². The Kier molecular flexibility index (Phi) is 6.17. The molecule has 2 aromatic rings. The van der Waals surface area contributed by atoms with Gasteiger partial charge in [-0.1, -0.05) is 12.1 Å². The van der Waals surface area contributed by atoms with Crippen molar-refractivity contribution < 1.29 is 9.59 Å². The van der Waals surface area contributed by atoms with Crippen LogP contribution in [0.25, 0.3) is 11.0 Å². The third kappa shape index (κ3) is 4.15. The van der Waals surface area contributed by atoms with Crippen molar-refractivity contribution in [3.05, 3.63) is 30.6 Å². The minimum absolute atomic E-state index is 0.182. The predicted molar refractivity (Wildman–Crippen MR) is 124 cm³/mol. The Morgan fingerprint density at radius 3 is 2.31 bits per heavy atom. The number of nitrogens with zero attached hydrogens (tertiary/aromatic N) is 5. The Hall–Kier alpha value is -2.41. The van der Waals surface area contributed by atoms with Gasteiger partial charge in [-0.2, -0.15) is 0 Å². The Balaban J connectivity index is 1.12. The first kappa shape index (κ1) is 21.4. The summed E-state index contributed by atoms with van der Waals surface area (Å²) in [5.41, 5.74) is 1.94. The van der Waals surface area contributed by atoms with Crippen molar-refractivity contribution in [2.45, 2.75) is 57.5 Å². The topological polar surface area (TPSA) is 61.7 Å². The number of benzene rings is 1. The second kappa shape index (κ2) is 9.22. The van der Waals surface area contributed by atoms with Crippen LogP contribution in [0.2, 0.25) is 0 Å². The Morgan fingerprint density at radius 1 is 0.906 bits per heavy atom. The van der Waals surface area contributed by atoms with Crippen molar-refractivity contribution in [3.8, 4) is 0 Å². The van der Waals surface area contributed by atoms with Gasteiger partial charge in [0, 0.05) is 38.1 Å². The lowest BCUT2D eigenvalue weighted by molar-refractivity contribution is -0.138. The molecule has 2 amide bonds. The van der Waals surface area contributed by atoms with Crippen LogP contribution in [0.15, 0.2) is 30.6 Å². The summed E-state index contributed by atoms with van der Waals surface area (Å²) in [5.74, 6) is 0.793. The molecule has 7 nitrogen and oxygen atoms in total. The normalized spacial score (nSPS) is 22.5. The number of piperidine rings is 2. The van der Waals surface area contributed by atoms with E-state index >= 15 is 0 Å². The number of rotatable bonds is 4. The molecule has 0 aliphatic carbocycles. The molecule has 0 unspecified atom stereocenters. The molecule has 3 aliphatic heterocycles. The molecule has 7 heteroatoms. The summed E-state index contributed by atoms with van der Waals surface area (Å²) in [4.78, 5) is 37.0. The second-order valence-corrected chi connectivity index (χ2v) is 9.72. The Labute approximate surface area is 190 Å². The Morgan fingerprint density at radius 2 is 1.59 bits per heavy atom. The summed E-state index contributed by atoms with van der Waals surface area (Å²) in [6, 6.07) is 8.26. The molecule has 172 valence electrons. The van der Waals surface area contributed by atoms with Gasteiger partial charge < -0.3 is 19.3 Å². The summed E-state index contributed by atoms with van der Waals surface area (Å²) in [6.07, 6.45) is 8.13. The molecule has 1 atom stereocenters. The minimum atomic E-state index is -0.244. The van der Waals surface area contributed by atoms with Crippen LogP contribution in [-0.2, 0) is 9.59 Å². The highest BCUT2D eigenvalue weighted by Crippen LogP contribution is 2.27. The van der Waals surface area contributed by atoms with Crippen molar-refractivity contribution in [2.75, 3.05) is 39.3 Å². The van der Waals surface area contributed by atoms with Crippen molar-refractivity contribution >= 4 is 22.8 Å². The van der Waals surface area contributed by atoms with E-state index in [1.807, 2.05) is 40.7 Å². The largest absolute Gasteiger partial charge is 0.342 e. The molecule has 5 rings (SSSR count). The average Bonchev–Trinajstić information content (AvgIpc) is 3.53. The minimum Gasteiger partial charge on any atom is -0.342 e. The smallest absolute Gasteiger partial charge is 0.245 e. The highest BCUT2D eigenvalue weighted by Gasteiger charge is 2.34. The van der Waals surface area contributed by atoms with E-state index in [1.54, 1.807) is 6.33 Å². The number of amides is 2. The zero-order valence-electron chi connectivity index (χ0n) is 19.2. The zero-order valence-corrected chi connectivity index (χ0v) is 19.2. The van der Waals surface area contributed by atoms with E-state index in [1.165, 1.54) is 0 Å². The fraction of sp³-hybridized carbons (Fsp3) is 0.640. The van der Waals surface area contributed by atoms with Crippen LogP contribution in [0.1, 0.15) is 51.5 Å². The molecule has 0 saturated carbocycles. The van der Waals surface area contributed by atoms with E-state index in [2.05, 4.69) is 14.8 Å². The fourth-order valence-electron chi connectivity index (χ4n) is 5.83. The van der Waals surface area contributed by atoms with Crippen LogP contribution in [-0.4, -0.2) is 81.4 Å². The van der Waals surface area contributed by atoms with Crippen LogP contribution in [0.3, 0.4) is 0 Å². The van der Waals surface area contributed by atoms with Crippen LogP contribution in [0, 0.1) is 5.92 Å². The van der Waals surface area contributed by atoms with Gasteiger partial charge in [0.15, 0.2) is 0 Å². The molecule has 4 heterocycles. The van der Waals surface area contributed by atoms with Crippen LogP contribution in [0.5, 0.6) is 0 Å². The van der Waals surface area contributed by atoms with Crippen molar-refractivity contribution in [2.24, 2.45) is 5.92 Å². The molecule has 0 radical (unpaired) electrons. The third-order valence-electron chi connectivity index (χ3n) is 7.84. The number of likely N-dealkylation sites (tertiary alicyclic amines) is 3. The molecule has 1 aromatic heterocycles. The lowest BCUT2D eigenvalue weighted by Crippen LogP contribution is -2.51. The van der Waals surface area contributed by atoms with Crippen LogP contribution < -0.4 is 0 Å². The van der Waals surface area contributed by atoms with Gasteiger partial charge >= 0.3 is 0 Å². The maximum Gasteiger partial charge on any atom is 0.245 e. The van der Waals surface area contributed by atoms with Gasteiger partial charge in [0.25, 0.3) is 0 Å². The molecule has 0 spiro atoms. The van der Waals surface area contributed by atoms with E-state index in [4.69, 9.17) is 0 Å². The average molecular weight is 438 g/mol. The summed E-state index contributed by atoms with van der Waals surface area (Å²) in [7, 11) is 0. The van der Waals surface area contributed by atoms with E-state index < -0.39 is 0 Å². The first-order valence-corrected chi connectivity index (χ1v) is 12.3. The summed E-state index contributed by atoms with van der Waals surface area (Å²) >= 11 is 0. The van der Waals surface area contributed by atoms with Crippen LogP contribution >= 0.6 is 0 Å². The van der Waals surface area contributed by atoms with E-state index in [0.717, 1.165) is 88.8 Å². The fourth-order valence-corrected chi connectivity index (χ4v) is 5.83. The molecular weight excluding hydrogens is 402 g/mol. The molecule has 3 saturated heterocycles. The Bertz CT molecular complexity index is 950. The number of fused-ring (bicyclic) bond motifs is 1. The number of hydrogen-bond donors (Lipinski definition) is 0. The first-order valence-electron chi connectivity index (χ1n) is 12.3. The number of carbonyl (C=O) groups is 2. The van der Waals surface area contributed by atoms with Gasteiger partial charge in [0.2, 0.25) is 11.8 Å². The summed E-state index contributed by atoms with van der Waals surface area (Å²) in [5, 5.41) is 0. The third-order valence-corrected chi connectivity index (χ3v) is 7.84. The highest BCUT2D eigenvalue weighted by atomic mass is 16.2. The van der Waals surface area contributed by atoms with Gasteiger partial charge in [0.05, 0.1) is 17.4 Å². The first-order chi connectivity index (χ1) is 15.6. The van der Waals surface area contributed by atoms with Gasteiger partial charge in [-0.25, -0.2) is 4.98 Å². The number of para-hydroxylation sites is 2. The van der Waals surface area contributed by atoms with E-state index in [9.17, 15) is 9.59 Å². The van der Waals surface area contributed by atoms with Gasteiger partial charge in [-0.3, -0.25) is 9.59 Å². The lowest BCUT2D eigenvalue weighted by atomic mass is 9.92. The summed E-state index contributed by atoms with van der Waals surface area (Å²) < 4.78 is 1.99. The molecule has 3 fully saturated rings. The second-order valence-electron chi connectivity index (χ2n) is 9.72. The number of imidazole rings is 1. The van der Waals surface area contributed by atoms with Crippen molar-refractivity contribution in [3.63, 3.8) is 0 Å². The lowest BCUT2D eigenvalue weighted by Gasteiger charge is -2.42. The number of hydrogen-bond acceptors (Lipinski definition) is 4. The van der Waals surface area contributed by atoms with Crippen LogP contribution in [0.4, 0.5) is 0 Å². The molecular formula is C25H35N5O2. The SMILES string of the molecule is C[C@@H](C(=O)N1CCC(N2CCC(C(=O)N3CCCC3)CC2)CC1)n1cnc2ccccc21. The highest BCUT2D eigenvalue weighted by molar-refractivity contribution is 5.83. The van der Waals surface area contributed by atoms with Gasteiger partial charge in [0.1, 0.15) is 6.04 Å². The summed E-state index contributed by atoms with van der Waals surface area (Å²) in [6.45, 7) is 7.54. The molecule has 32 heavy (non-hydrogen) atoms. The maximum atomic E-state index is 13.2. The zero-order chi connectivity index (χ0) is 22.1. The maximum absolute atomic E-state index is 13.2. The predicted octanol–water partition coefficient (Wildman–Crippen LogP) is 2.92. The quantitative estimate of drug-likeness (QED) is 0.738. The number of carbonyl (C=O) groups excluding carboxylic acids is 2. The molecule has 0 bridgehead atoms. The monoisotopic (exact) mass is 437 g/mol. The van der Waals surface area contributed by atoms with Crippen molar-refractivity contribution in [1.29, 1.82) is 0 Å². The molecule has 1 aromatic carbocycles. The van der Waals surface area contributed by atoms with E-state index in [0.29, 0.717) is 11.9 Å².